The number of nitrogens with one attached hydrogen (secondary N) is 1. The molecule has 0 bridgehead atoms. The number of aryl methyl sites for hydroxylation is 1. The quantitative estimate of drug-likeness (QED) is 0.703. The third-order valence-electron chi connectivity index (χ3n) is 5.28. The Morgan fingerprint density at radius 2 is 1.90 bits per heavy atom. The molecule has 1 aromatic carbocycles. The second-order valence-electron chi connectivity index (χ2n) is 7.44. The predicted octanol–water partition coefficient (Wildman–Crippen LogP) is 2.78. The van der Waals surface area contributed by atoms with Crippen LogP contribution in [0.4, 0.5) is 15.8 Å². The van der Waals surface area contributed by atoms with Crippen molar-refractivity contribution >= 4 is 17.3 Å². The van der Waals surface area contributed by atoms with Gasteiger partial charge in [-0.15, -0.1) is 0 Å². The van der Waals surface area contributed by atoms with Crippen LogP contribution in [0.5, 0.6) is 0 Å². The number of amides is 1. The smallest absolute Gasteiger partial charge is 0.238 e. The van der Waals surface area contributed by atoms with E-state index >= 15 is 0 Å². The molecule has 4 rings (SSSR count). The molecule has 1 saturated heterocycles. The summed E-state index contributed by atoms with van der Waals surface area (Å²) in [5, 5.41) is 7.44. The van der Waals surface area contributed by atoms with Crippen LogP contribution in [0.3, 0.4) is 0 Å². The monoisotopic (exact) mass is 408 g/mol. The zero-order chi connectivity index (χ0) is 21.1. The normalized spacial score (nSPS) is 14.7. The average Bonchev–Trinajstić information content (AvgIpc) is 3.03. The van der Waals surface area contributed by atoms with Crippen molar-refractivity contribution in [3.63, 3.8) is 0 Å². The molecule has 1 amide bonds. The van der Waals surface area contributed by atoms with Gasteiger partial charge >= 0.3 is 0 Å². The maximum atomic E-state index is 13.3. The van der Waals surface area contributed by atoms with E-state index in [0.717, 1.165) is 49.1 Å². The van der Waals surface area contributed by atoms with Crippen LogP contribution in [-0.2, 0) is 4.79 Å². The first-order chi connectivity index (χ1) is 14.5. The maximum absolute atomic E-state index is 13.3. The van der Waals surface area contributed by atoms with E-state index in [-0.39, 0.29) is 18.3 Å². The van der Waals surface area contributed by atoms with Gasteiger partial charge in [0, 0.05) is 38.1 Å². The molecule has 1 N–H and O–H groups in total. The van der Waals surface area contributed by atoms with Gasteiger partial charge in [0.15, 0.2) is 5.82 Å². The van der Waals surface area contributed by atoms with Gasteiger partial charge in [-0.05, 0) is 44.2 Å². The van der Waals surface area contributed by atoms with Gasteiger partial charge in [-0.3, -0.25) is 9.69 Å². The highest BCUT2D eigenvalue weighted by Crippen LogP contribution is 2.27. The van der Waals surface area contributed by atoms with Crippen molar-refractivity contribution in [3.05, 3.63) is 65.9 Å². The van der Waals surface area contributed by atoms with Gasteiger partial charge in [-0.25, -0.2) is 14.1 Å². The molecule has 8 heteroatoms. The van der Waals surface area contributed by atoms with Crippen LogP contribution in [0.25, 0.3) is 5.82 Å². The zero-order valence-electron chi connectivity index (χ0n) is 17.2. The van der Waals surface area contributed by atoms with E-state index in [0.29, 0.717) is 5.69 Å². The first kappa shape index (κ1) is 20.0. The Morgan fingerprint density at radius 1 is 1.10 bits per heavy atom. The molecule has 0 saturated carbocycles. The summed E-state index contributed by atoms with van der Waals surface area (Å²) in [6.45, 7) is 7.51. The Balaban J connectivity index is 1.37. The second-order valence-corrected chi connectivity index (χ2v) is 7.44. The molecule has 3 aromatic rings. The highest BCUT2D eigenvalue weighted by molar-refractivity contribution is 5.92. The fourth-order valence-corrected chi connectivity index (χ4v) is 3.89. The van der Waals surface area contributed by atoms with Crippen molar-refractivity contribution in [2.24, 2.45) is 0 Å². The number of carbonyl (C=O) groups is 1. The Bertz CT molecular complexity index is 1030. The first-order valence-corrected chi connectivity index (χ1v) is 10.0. The van der Waals surface area contributed by atoms with Crippen LogP contribution in [0.2, 0.25) is 0 Å². The van der Waals surface area contributed by atoms with Crippen molar-refractivity contribution in [2.75, 3.05) is 42.9 Å². The van der Waals surface area contributed by atoms with E-state index in [2.05, 4.69) is 32.1 Å². The molecule has 0 radical (unpaired) electrons. The van der Waals surface area contributed by atoms with Crippen molar-refractivity contribution in [3.8, 4) is 5.82 Å². The van der Waals surface area contributed by atoms with Crippen LogP contribution in [-0.4, -0.2) is 58.3 Å². The molecule has 7 nitrogen and oxygen atoms in total. The first-order valence-electron chi connectivity index (χ1n) is 10.0. The zero-order valence-corrected chi connectivity index (χ0v) is 17.2. The summed E-state index contributed by atoms with van der Waals surface area (Å²) in [6, 6.07) is 11.7. The van der Waals surface area contributed by atoms with E-state index in [1.807, 2.05) is 29.8 Å². The SMILES string of the molecule is Cc1nn(-c2ccccn2)c(C)c1N1CCN(CC(=O)Nc2cccc(F)c2)CC1. The molecule has 0 aliphatic carbocycles. The lowest BCUT2D eigenvalue weighted by Crippen LogP contribution is -2.49. The molecule has 2 aromatic heterocycles. The summed E-state index contributed by atoms with van der Waals surface area (Å²) in [4.78, 5) is 21.1. The van der Waals surface area contributed by atoms with Crippen LogP contribution >= 0.6 is 0 Å². The van der Waals surface area contributed by atoms with Gasteiger partial charge in [-0.2, -0.15) is 5.10 Å². The lowest BCUT2D eigenvalue weighted by molar-refractivity contribution is -0.117. The topological polar surface area (TPSA) is 66.3 Å². The highest BCUT2D eigenvalue weighted by Gasteiger charge is 2.24. The minimum atomic E-state index is -0.363. The van der Waals surface area contributed by atoms with E-state index in [4.69, 9.17) is 0 Å². The molecule has 0 unspecified atom stereocenters. The van der Waals surface area contributed by atoms with Gasteiger partial charge < -0.3 is 10.2 Å². The fraction of sp³-hybridized carbons (Fsp3) is 0.318. The predicted molar refractivity (Wildman–Crippen MR) is 115 cm³/mol. The Morgan fingerprint density at radius 3 is 2.60 bits per heavy atom. The number of rotatable bonds is 5. The highest BCUT2D eigenvalue weighted by atomic mass is 19.1. The summed E-state index contributed by atoms with van der Waals surface area (Å²) in [5.74, 6) is 0.305. The summed E-state index contributed by atoms with van der Waals surface area (Å²) < 4.78 is 15.2. The minimum absolute atomic E-state index is 0.135. The van der Waals surface area contributed by atoms with E-state index in [1.54, 1.807) is 18.3 Å². The van der Waals surface area contributed by atoms with Gasteiger partial charge in [0.05, 0.1) is 23.6 Å². The molecule has 1 aliphatic rings. The lowest BCUT2D eigenvalue weighted by atomic mass is 10.2. The number of carbonyl (C=O) groups excluding carboxylic acids is 1. The van der Waals surface area contributed by atoms with Crippen LogP contribution in [0.1, 0.15) is 11.4 Å². The molecule has 0 spiro atoms. The Kier molecular flexibility index (Phi) is 5.76. The van der Waals surface area contributed by atoms with Gasteiger partial charge in [0.2, 0.25) is 5.91 Å². The molecule has 30 heavy (non-hydrogen) atoms. The van der Waals surface area contributed by atoms with Crippen LogP contribution in [0.15, 0.2) is 48.7 Å². The number of nitrogens with zero attached hydrogens (tertiary/aromatic N) is 5. The van der Waals surface area contributed by atoms with Gasteiger partial charge in [0.25, 0.3) is 0 Å². The van der Waals surface area contributed by atoms with E-state index in [1.165, 1.54) is 12.1 Å². The maximum Gasteiger partial charge on any atom is 0.238 e. The summed E-state index contributed by atoms with van der Waals surface area (Å²) >= 11 is 0. The van der Waals surface area contributed by atoms with E-state index in [9.17, 15) is 9.18 Å². The third-order valence-corrected chi connectivity index (χ3v) is 5.28. The minimum Gasteiger partial charge on any atom is -0.366 e. The summed E-state index contributed by atoms with van der Waals surface area (Å²) in [7, 11) is 0. The van der Waals surface area contributed by atoms with Crippen molar-refractivity contribution in [2.45, 2.75) is 13.8 Å². The van der Waals surface area contributed by atoms with Crippen LogP contribution in [0, 0.1) is 19.7 Å². The number of piperazine rings is 1. The standard InChI is InChI=1S/C22H25FN6O/c1-16-22(17(2)29(26-16)20-8-3-4-9-24-20)28-12-10-27(11-13-28)15-21(30)25-19-7-5-6-18(23)14-19/h3-9,14H,10-13,15H2,1-2H3,(H,25,30). The lowest BCUT2D eigenvalue weighted by Gasteiger charge is -2.35. The molecule has 3 heterocycles. The Hall–Kier alpha value is -3.26. The number of halogens is 1. The van der Waals surface area contributed by atoms with Gasteiger partial charge in [-0.1, -0.05) is 12.1 Å². The van der Waals surface area contributed by atoms with Gasteiger partial charge in [0.1, 0.15) is 5.82 Å². The average molecular weight is 408 g/mol. The third kappa shape index (κ3) is 4.33. The molecule has 0 atom stereocenters. The second kappa shape index (κ2) is 8.62. The van der Waals surface area contributed by atoms with Crippen LogP contribution < -0.4 is 10.2 Å². The molecule has 156 valence electrons. The Labute approximate surface area is 175 Å². The molecule has 1 fully saturated rings. The van der Waals surface area contributed by atoms with Crippen molar-refractivity contribution in [1.29, 1.82) is 0 Å². The molecular weight excluding hydrogens is 383 g/mol. The van der Waals surface area contributed by atoms with Crippen molar-refractivity contribution in [1.82, 2.24) is 19.7 Å². The number of anilines is 2. The summed E-state index contributed by atoms with van der Waals surface area (Å²) in [6.07, 6.45) is 1.76. The van der Waals surface area contributed by atoms with E-state index < -0.39 is 0 Å². The summed E-state index contributed by atoms with van der Waals surface area (Å²) in [5.41, 5.74) is 3.63. The number of aromatic nitrogens is 3. The number of benzene rings is 1. The van der Waals surface area contributed by atoms with Crippen molar-refractivity contribution < 1.29 is 9.18 Å². The fourth-order valence-electron chi connectivity index (χ4n) is 3.89. The number of pyridine rings is 1. The number of hydrogen-bond donors (Lipinski definition) is 1. The number of hydrogen-bond acceptors (Lipinski definition) is 5. The molecule has 1 aliphatic heterocycles. The largest absolute Gasteiger partial charge is 0.366 e. The molecular formula is C22H25FN6O.